The summed E-state index contributed by atoms with van der Waals surface area (Å²) in [6.45, 7) is 7.56. The van der Waals surface area contributed by atoms with Crippen molar-refractivity contribution in [2.45, 2.75) is 39.5 Å². The second-order valence-corrected chi connectivity index (χ2v) is 3.57. The molecule has 0 aliphatic carbocycles. The van der Waals surface area contributed by atoms with Crippen molar-refractivity contribution in [3.8, 4) is 0 Å². The van der Waals surface area contributed by atoms with Crippen molar-refractivity contribution in [1.29, 1.82) is 0 Å². The number of aliphatic carboxylic acids is 1. The van der Waals surface area contributed by atoms with E-state index in [2.05, 4.69) is 48.6 Å². The van der Waals surface area contributed by atoms with Gasteiger partial charge in [0.1, 0.15) is 18.4 Å². The second kappa shape index (κ2) is 6.27. The van der Waals surface area contributed by atoms with Crippen LogP contribution >= 0.6 is 0 Å². The average Bonchev–Trinajstić information content (AvgIpc) is 2.65. The first-order valence-corrected chi connectivity index (χ1v) is 5.03. The van der Waals surface area contributed by atoms with Crippen LogP contribution in [-0.4, -0.2) is 16.7 Å². The summed E-state index contributed by atoms with van der Waals surface area (Å²) in [6.07, 6.45) is 1.14. The highest BCUT2D eigenvalue weighted by Crippen LogP contribution is 2.11. The molecule has 0 saturated carbocycles. The number of carboxylic acids is 1. The number of aryl methyl sites for hydroxylation is 1. The molecule has 1 aromatic rings. The Morgan fingerprint density at radius 3 is 2.12 bits per heavy atom. The number of rotatable bonds is 2. The number of nitrogens with zero attached hydrogens (tertiary/aromatic N) is 2. The Labute approximate surface area is 97.3 Å². The molecule has 0 bridgehead atoms. The fraction of sp³-hybridized carbons (Fsp3) is 0.600. The zero-order valence-electron chi connectivity index (χ0n) is 9.86. The smallest absolute Gasteiger partial charge is 0.430 e. The lowest BCUT2D eigenvalue weighted by Crippen LogP contribution is -2.37. The van der Waals surface area contributed by atoms with Gasteiger partial charge in [-0.25, -0.2) is 9.13 Å². The molecule has 0 radical (unpaired) electrons. The van der Waals surface area contributed by atoms with E-state index in [0.29, 0.717) is 6.04 Å². The summed E-state index contributed by atoms with van der Waals surface area (Å²) in [5.41, 5.74) is 0. The van der Waals surface area contributed by atoms with Gasteiger partial charge in [-0.1, -0.05) is 0 Å². The number of hydrogen-bond acceptors (Lipinski definition) is 2. The minimum atomic E-state index is -5.19. The van der Waals surface area contributed by atoms with Gasteiger partial charge in [-0.2, -0.15) is 13.2 Å². The van der Waals surface area contributed by atoms with Crippen LogP contribution in [0.1, 0.15) is 26.8 Å². The van der Waals surface area contributed by atoms with Crippen LogP contribution < -0.4 is 9.67 Å². The molecule has 0 amide bonds. The molecule has 0 fully saturated rings. The molecule has 4 nitrogen and oxygen atoms in total. The third-order valence-corrected chi connectivity index (χ3v) is 1.90. The zero-order valence-corrected chi connectivity index (χ0v) is 9.86. The second-order valence-electron chi connectivity index (χ2n) is 3.57. The van der Waals surface area contributed by atoms with Crippen LogP contribution in [0.2, 0.25) is 0 Å². The molecule has 0 aliphatic rings. The molecule has 0 aromatic carbocycles. The van der Waals surface area contributed by atoms with Crippen molar-refractivity contribution in [1.82, 2.24) is 4.57 Å². The first-order chi connectivity index (χ1) is 7.68. The molecule has 0 unspecified atom stereocenters. The summed E-state index contributed by atoms with van der Waals surface area (Å²) < 4.78 is 35.9. The number of alkyl halides is 3. The molecular weight excluding hydrogens is 237 g/mol. The largest absolute Gasteiger partial charge is 0.542 e. The third kappa shape index (κ3) is 5.94. The van der Waals surface area contributed by atoms with E-state index in [4.69, 9.17) is 9.90 Å². The van der Waals surface area contributed by atoms with Gasteiger partial charge in [-0.15, -0.1) is 0 Å². The molecule has 1 heterocycles. The average molecular weight is 252 g/mol. The maximum absolute atomic E-state index is 10.5. The summed E-state index contributed by atoms with van der Waals surface area (Å²) in [7, 11) is 0. The van der Waals surface area contributed by atoms with Gasteiger partial charge in [-0.05, 0) is 20.8 Å². The van der Waals surface area contributed by atoms with E-state index in [0.717, 1.165) is 6.54 Å². The number of carbonyl (C=O) groups is 1. The summed E-state index contributed by atoms with van der Waals surface area (Å²) in [5, 5.41) is 8.78. The Morgan fingerprint density at radius 1 is 1.47 bits per heavy atom. The van der Waals surface area contributed by atoms with Crippen LogP contribution in [0.4, 0.5) is 13.2 Å². The summed E-state index contributed by atoms with van der Waals surface area (Å²) >= 11 is 0. The molecule has 0 aliphatic heterocycles. The van der Waals surface area contributed by atoms with E-state index in [-0.39, 0.29) is 0 Å². The van der Waals surface area contributed by atoms with E-state index in [9.17, 15) is 13.2 Å². The molecule has 1 rings (SSSR count). The van der Waals surface area contributed by atoms with Gasteiger partial charge in [0.15, 0.2) is 0 Å². The Bertz CT molecular complexity index is 359. The van der Waals surface area contributed by atoms with Crippen molar-refractivity contribution < 1.29 is 27.6 Å². The molecule has 0 N–H and O–H groups in total. The minimum Gasteiger partial charge on any atom is -0.542 e. The van der Waals surface area contributed by atoms with Crippen molar-refractivity contribution in [3.05, 3.63) is 18.7 Å². The molecule has 1 aromatic heterocycles. The molecule has 0 saturated heterocycles. The van der Waals surface area contributed by atoms with Crippen LogP contribution in [0, 0.1) is 0 Å². The Balaban J connectivity index is 0.000000325. The van der Waals surface area contributed by atoms with E-state index < -0.39 is 12.1 Å². The van der Waals surface area contributed by atoms with E-state index in [1.165, 1.54) is 0 Å². The van der Waals surface area contributed by atoms with Crippen molar-refractivity contribution in [2.75, 3.05) is 0 Å². The quantitative estimate of drug-likeness (QED) is 0.726. The summed E-state index contributed by atoms with van der Waals surface area (Å²) in [4.78, 5) is 8.78. The lowest BCUT2D eigenvalue weighted by atomic mass is 10.4. The monoisotopic (exact) mass is 252 g/mol. The maximum atomic E-state index is 10.5. The van der Waals surface area contributed by atoms with Crippen molar-refractivity contribution in [3.63, 3.8) is 0 Å². The first kappa shape index (κ1) is 15.5. The highest BCUT2D eigenvalue weighted by Gasteiger charge is 2.28. The zero-order chi connectivity index (χ0) is 13.6. The third-order valence-electron chi connectivity index (χ3n) is 1.90. The van der Waals surface area contributed by atoms with Gasteiger partial charge < -0.3 is 9.90 Å². The normalized spacial score (nSPS) is 11.0. The minimum absolute atomic E-state index is 0.577. The number of hydrogen-bond donors (Lipinski definition) is 0. The number of halogens is 3. The fourth-order valence-corrected chi connectivity index (χ4v) is 0.903. The van der Waals surface area contributed by atoms with Crippen LogP contribution in [0.15, 0.2) is 18.7 Å². The highest BCUT2D eigenvalue weighted by atomic mass is 19.4. The Kier molecular flexibility index (Phi) is 5.70. The Hall–Kier alpha value is -1.53. The SMILES string of the molecule is CC[n+]1ccn(C(C)C)c1.O=C([O-])C(F)(F)F. The molecular formula is C10H15F3N2O2. The molecule has 98 valence electrons. The maximum Gasteiger partial charge on any atom is 0.430 e. The Morgan fingerprint density at radius 2 is 1.94 bits per heavy atom. The number of imidazole rings is 1. The predicted octanol–water partition coefficient (Wildman–Crippen LogP) is 0.675. The van der Waals surface area contributed by atoms with E-state index >= 15 is 0 Å². The number of aromatic nitrogens is 2. The van der Waals surface area contributed by atoms with Crippen molar-refractivity contribution >= 4 is 5.97 Å². The van der Waals surface area contributed by atoms with E-state index in [1.807, 2.05) is 0 Å². The van der Waals surface area contributed by atoms with Gasteiger partial charge in [0.05, 0.1) is 12.6 Å². The molecule has 0 atom stereocenters. The topological polar surface area (TPSA) is 48.9 Å². The van der Waals surface area contributed by atoms with Gasteiger partial charge in [0.2, 0.25) is 6.33 Å². The van der Waals surface area contributed by atoms with E-state index in [1.54, 1.807) is 0 Å². The van der Waals surface area contributed by atoms with Crippen LogP contribution in [0.3, 0.4) is 0 Å². The van der Waals surface area contributed by atoms with Crippen LogP contribution in [0.25, 0.3) is 0 Å². The first-order valence-electron chi connectivity index (χ1n) is 5.03. The fourth-order valence-electron chi connectivity index (χ4n) is 0.903. The van der Waals surface area contributed by atoms with Gasteiger partial charge in [-0.3, -0.25) is 0 Å². The molecule has 17 heavy (non-hydrogen) atoms. The summed E-state index contributed by atoms with van der Waals surface area (Å²) in [6, 6.07) is 0.577. The van der Waals surface area contributed by atoms with Crippen LogP contribution in [0.5, 0.6) is 0 Å². The molecule has 0 spiro atoms. The number of carboxylic acid groups (broad SMARTS) is 1. The van der Waals surface area contributed by atoms with Gasteiger partial charge >= 0.3 is 6.18 Å². The number of carbonyl (C=O) groups excluding carboxylic acids is 1. The molecule has 7 heteroatoms. The highest BCUT2D eigenvalue weighted by molar-refractivity contribution is 5.70. The van der Waals surface area contributed by atoms with Crippen molar-refractivity contribution in [2.24, 2.45) is 0 Å². The lowest BCUT2D eigenvalue weighted by Gasteiger charge is -2.03. The predicted molar refractivity (Wildman–Crippen MR) is 51.7 cm³/mol. The van der Waals surface area contributed by atoms with Gasteiger partial charge in [0, 0.05) is 0 Å². The summed E-state index contributed by atoms with van der Waals surface area (Å²) in [5.74, 6) is -3.01. The standard InChI is InChI=1S/C8H15N2.C2HF3O2/c1-4-9-5-6-10(7-9)8(2)3;3-2(4,5)1(6)7/h5-8H,4H2,1-3H3;(H,6,7)/q+1;/p-1. The lowest BCUT2D eigenvalue weighted by molar-refractivity contribution is -0.693. The van der Waals surface area contributed by atoms with Crippen LogP contribution in [-0.2, 0) is 11.3 Å². The van der Waals surface area contributed by atoms with Gasteiger partial charge in [0.25, 0.3) is 0 Å².